The molecule has 5 nitrogen and oxygen atoms in total. The Hall–Kier alpha value is -3.34. The summed E-state index contributed by atoms with van der Waals surface area (Å²) >= 11 is 0. The summed E-state index contributed by atoms with van der Waals surface area (Å²) in [6, 6.07) is 15.2. The molecular weight excluding hydrogens is 534 g/mol. The van der Waals surface area contributed by atoms with Gasteiger partial charge in [0.25, 0.3) is 6.47 Å². The maximum Gasteiger partial charge on any atom is 0.371 e. The lowest BCUT2D eigenvalue weighted by molar-refractivity contribution is -0.141. The van der Waals surface area contributed by atoms with Gasteiger partial charge in [0.2, 0.25) is 5.76 Å². The molecule has 3 rings (SSSR count). The number of aryl methyl sites for hydroxylation is 2. The number of rotatable bonds is 22. The van der Waals surface area contributed by atoms with Crippen LogP contribution in [0.15, 0.2) is 60.4 Å². The zero-order valence-electron chi connectivity index (χ0n) is 26.4. The fourth-order valence-electron chi connectivity index (χ4n) is 6.08. The predicted molar refractivity (Wildman–Crippen MR) is 179 cm³/mol. The molecule has 0 aliphatic carbocycles. The van der Waals surface area contributed by atoms with Crippen LogP contribution in [0.5, 0.6) is 0 Å². The van der Waals surface area contributed by atoms with Gasteiger partial charge in [-0.1, -0.05) is 140 Å². The van der Waals surface area contributed by atoms with Crippen LogP contribution in [0.25, 0.3) is 6.08 Å². The number of hydrogen-bond acceptors (Lipinski definition) is 4. The van der Waals surface area contributed by atoms with Crippen molar-refractivity contribution >= 4 is 29.9 Å². The van der Waals surface area contributed by atoms with Gasteiger partial charge in [0.1, 0.15) is 0 Å². The number of nitrogens with zero attached hydrogens (tertiary/aromatic N) is 1. The Kier molecular flexibility index (Phi) is 16.3. The van der Waals surface area contributed by atoms with Gasteiger partial charge in [0, 0.05) is 17.9 Å². The van der Waals surface area contributed by atoms with Crippen molar-refractivity contribution in [2.75, 3.05) is 11.4 Å². The lowest BCUT2D eigenvalue weighted by atomic mass is 10.0. The molecule has 1 N–H and O–H groups in total. The van der Waals surface area contributed by atoms with Gasteiger partial charge in [-0.25, -0.2) is 4.79 Å². The van der Waals surface area contributed by atoms with E-state index < -0.39 is 11.7 Å². The highest BCUT2D eigenvalue weighted by molar-refractivity contribution is 5.86. The van der Waals surface area contributed by atoms with Gasteiger partial charge in [-0.15, -0.1) is 0 Å². The Bertz CT molecular complexity index is 1170. The molecule has 0 saturated carbocycles. The third-order valence-corrected chi connectivity index (χ3v) is 8.50. The minimum atomic E-state index is -1.28. The van der Waals surface area contributed by atoms with Gasteiger partial charge in [-0.05, 0) is 60.2 Å². The maximum atomic E-state index is 11.2. The Morgan fingerprint density at radius 3 is 1.93 bits per heavy atom. The van der Waals surface area contributed by atoms with Gasteiger partial charge in [-0.2, -0.15) is 0 Å². The zero-order valence-corrected chi connectivity index (χ0v) is 26.4. The van der Waals surface area contributed by atoms with E-state index in [2.05, 4.69) is 59.0 Å². The average molecular weight is 588 g/mol. The lowest BCUT2D eigenvalue weighted by Gasteiger charge is -2.27. The number of hydrogen-bond donors (Lipinski definition) is 1. The van der Waals surface area contributed by atoms with Crippen LogP contribution < -0.4 is 4.90 Å². The number of benzene rings is 2. The number of ether oxygens (including phenoxy) is 1. The molecule has 0 atom stereocenters. The first-order valence-electron chi connectivity index (χ1n) is 16.8. The van der Waals surface area contributed by atoms with Crippen LogP contribution in [-0.2, 0) is 27.2 Å². The van der Waals surface area contributed by atoms with Gasteiger partial charge in [0.15, 0.2) is 0 Å². The van der Waals surface area contributed by atoms with Gasteiger partial charge in [0.05, 0.1) is 0 Å². The molecule has 43 heavy (non-hydrogen) atoms. The van der Waals surface area contributed by atoms with Crippen LogP contribution in [-0.4, -0.2) is 24.1 Å². The molecule has 0 fully saturated rings. The molecule has 1 aliphatic rings. The van der Waals surface area contributed by atoms with E-state index in [1.807, 2.05) is 6.08 Å². The number of carboxylic acids is 1. The molecule has 1 heterocycles. The van der Waals surface area contributed by atoms with Gasteiger partial charge in [-0.3, -0.25) is 4.79 Å². The molecule has 0 aromatic heterocycles. The third-order valence-electron chi connectivity index (χ3n) is 8.50. The fraction of sp³-hybridized carbons (Fsp3) is 0.526. The Morgan fingerprint density at radius 1 is 0.767 bits per heavy atom. The van der Waals surface area contributed by atoms with Crippen molar-refractivity contribution in [3.63, 3.8) is 0 Å². The van der Waals surface area contributed by atoms with Crippen LogP contribution in [0.3, 0.4) is 0 Å². The van der Waals surface area contributed by atoms with E-state index in [0.717, 1.165) is 24.9 Å². The van der Waals surface area contributed by atoms with Gasteiger partial charge >= 0.3 is 5.97 Å². The van der Waals surface area contributed by atoms with E-state index in [9.17, 15) is 9.59 Å². The SMILES string of the molecule is CCCCCCCCCCCCCCCCCCN1c2ccccc2CCc2cc(/C=C/C=C(\OC=O)C(=O)O)ccc21. The van der Waals surface area contributed by atoms with Crippen molar-refractivity contribution in [3.8, 4) is 0 Å². The topological polar surface area (TPSA) is 66.8 Å². The summed E-state index contributed by atoms with van der Waals surface area (Å²) in [5.74, 6) is -1.68. The molecule has 0 bridgehead atoms. The molecule has 1 aliphatic heterocycles. The number of fused-ring (bicyclic) bond motifs is 2. The van der Waals surface area contributed by atoms with E-state index in [0.29, 0.717) is 0 Å². The first kappa shape index (κ1) is 34.2. The fourth-order valence-corrected chi connectivity index (χ4v) is 6.08. The summed E-state index contributed by atoms with van der Waals surface area (Å²) in [6.45, 7) is 3.42. The quantitative estimate of drug-likeness (QED) is 0.0488. The summed E-state index contributed by atoms with van der Waals surface area (Å²) in [7, 11) is 0. The van der Waals surface area contributed by atoms with Crippen LogP contribution in [0.1, 0.15) is 126 Å². The summed E-state index contributed by atoms with van der Waals surface area (Å²) in [5, 5.41) is 9.12. The Balaban J connectivity index is 1.43. The van der Waals surface area contributed by atoms with E-state index >= 15 is 0 Å². The third kappa shape index (κ3) is 12.4. The molecule has 0 saturated heterocycles. The average Bonchev–Trinajstić information content (AvgIpc) is 3.17. The maximum absolute atomic E-state index is 11.2. The second kappa shape index (κ2) is 20.5. The van der Waals surface area contributed by atoms with Crippen molar-refractivity contribution < 1.29 is 19.4 Å². The van der Waals surface area contributed by atoms with Crippen LogP contribution in [0.2, 0.25) is 0 Å². The van der Waals surface area contributed by atoms with E-state index in [-0.39, 0.29) is 6.47 Å². The van der Waals surface area contributed by atoms with Crippen molar-refractivity contribution in [1.82, 2.24) is 0 Å². The second-order valence-electron chi connectivity index (χ2n) is 11.9. The van der Waals surface area contributed by atoms with E-state index in [1.54, 1.807) is 6.08 Å². The molecular formula is C38H53NO4. The normalized spacial score (nSPS) is 13.0. The highest BCUT2D eigenvalue weighted by Gasteiger charge is 2.20. The Morgan fingerprint density at radius 2 is 1.33 bits per heavy atom. The van der Waals surface area contributed by atoms with Gasteiger partial charge < -0.3 is 14.7 Å². The summed E-state index contributed by atoms with van der Waals surface area (Å²) < 4.78 is 4.53. The number of anilines is 2. The number of carbonyl (C=O) groups excluding carboxylic acids is 1. The number of aliphatic carboxylic acids is 1. The van der Waals surface area contributed by atoms with Crippen LogP contribution in [0, 0.1) is 0 Å². The lowest BCUT2D eigenvalue weighted by Crippen LogP contribution is -2.19. The molecule has 0 radical (unpaired) electrons. The first-order valence-corrected chi connectivity index (χ1v) is 16.8. The number of para-hydroxylation sites is 1. The molecule has 2 aromatic rings. The van der Waals surface area contributed by atoms with Crippen molar-refractivity contribution in [1.29, 1.82) is 0 Å². The predicted octanol–water partition coefficient (Wildman–Crippen LogP) is 10.3. The Labute approximate surface area is 260 Å². The molecule has 0 spiro atoms. The molecule has 0 unspecified atom stereocenters. The smallest absolute Gasteiger partial charge is 0.371 e. The second-order valence-corrected chi connectivity index (χ2v) is 11.9. The minimum absolute atomic E-state index is 0.127. The number of carbonyl (C=O) groups is 2. The monoisotopic (exact) mass is 587 g/mol. The largest absolute Gasteiger partial charge is 0.475 e. The van der Waals surface area contributed by atoms with Crippen LogP contribution in [0.4, 0.5) is 11.4 Å². The minimum Gasteiger partial charge on any atom is -0.475 e. The molecule has 0 amide bonds. The molecule has 5 heteroatoms. The molecule has 2 aromatic carbocycles. The van der Waals surface area contributed by atoms with Crippen LogP contribution >= 0.6 is 0 Å². The van der Waals surface area contributed by atoms with Crippen molar-refractivity contribution in [3.05, 3.63) is 77.1 Å². The van der Waals surface area contributed by atoms with E-state index in [4.69, 9.17) is 5.11 Å². The standard InChI is InChI=1S/C38H53NO4/c1-2-3-4-5-6-7-8-9-10-11-12-13-14-15-16-19-29-39-35-23-18-17-22-33(35)26-27-34-30-32(25-28-36(34)39)21-20-24-37(38(41)42)43-31-40/h17-18,20-25,28,30-31H,2-16,19,26-27,29H2,1H3,(H,41,42)/b21-20+,37-24-. The van der Waals surface area contributed by atoms with Crippen molar-refractivity contribution in [2.24, 2.45) is 0 Å². The number of unbranched alkanes of at least 4 members (excludes halogenated alkanes) is 15. The zero-order chi connectivity index (χ0) is 30.5. The molecule has 234 valence electrons. The van der Waals surface area contributed by atoms with Crippen molar-refractivity contribution in [2.45, 2.75) is 122 Å². The number of allylic oxidation sites excluding steroid dienone is 2. The number of carboxylic acid groups (broad SMARTS) is 1. The first-order chi connectivity index (χ1) is 21.1. The summed E-state index contributed by atoms with van der Waals surface area (Å²) in [5.41, 5.74) is 6.23. The summed E-state index contributed by atoms with van der Waals surface area (Å²) in [6.07, 6.45) is 28.6. The van der Waals surface area contributed by atoms with E-state index in [1.165, 1.54) is 131 Å². The summed E-state index contributed by atoms with van der Waals surface area (Å²) in [4.78, 5) is 24.2. The highest BCUT2D eigenvalue weighted by atomic mass is 16.5. The highest BCUT2D eigenvalue weighted by Crippen LogP contribution is 2.37.